The summed E-state index contributed by atoms with van der Waals surface area (Å²) in [5.74, 6) is -19.3. The second kappa shape index (κ2) is 4.84. The fraction of sp³-hybridized carbons (Fsp3) is 0.857. The molecule has 0 aromatic rings. The van der Waals surface area contributed by atoms with Crippen LogP contribution in [0.1, 0.15) is 6.42 Å². The van der Waals surface area contributed by atoms with E-state index in [0.717, 1.165) is 0 Å². The SMILES string of the molecule is O=[C]OCCC(F)(F)C(F)(F)C(F)(F)C(F)(F)F. The van der Waals surface area contributed by atoms with Crippen molar-refractivity contribution >= 4 is 6.47 Å². The molecule has 0 amide bonds. The summed E-state index contributed by atoms with van der Waals surface area (Å²) in [5.41, 5.74) is 0. The molecule has 0 atom stereocenters. The van der Waals surface area contributed by atoms with Crippen LogP contribution >= 0.6 is 0 Å². The average molecular weight is 291 g/mol. The summed E-state index contributed by atoms with van der Waals surface area (Å²) in [6.07, 6.45) is -9.06. The summed E-state index contributed by atoms with van der Waals surface area (Å²) in [5, 5.41) is 0. The zero-order valence-corrected chi connectivity index (χ0v) is 8.13. The maximum Gasteiger partial charge on any atom is 0.460 e. The standard InChI is InChI=1S/C7H4F9O2/c8-4(9,1-2-18-3-17)5(10,11)6(12,13)7(14,15)16/h1-2H2. The normalized spacial score (nSPS) is 14.5. The number of hydrogen-bond acceptors (Lipinski definition) is 2. The molecule has 0 N–H and O–H groups in total. The molecule has 0 unspecified atom stereocenters. The van der Waals surface area contributed by atoms with Crippen molar-refractivity contribution in [3.05, 3.63) is 0 Å². The van der Waals surface area contributed by atoms with Crippen molar-refractivity contribution in [3.63, 3.8) is 0 Å². The quantitative estimate of drug-likeness (QED) is 0.555. The molecule has 107 valence electrons. The molecular formula is C7H4F9O2. The van der Waals surface area contributed by atoms with Crippen LogP contribution in [-0.4, -0.2) is 37.0 Å². The van der Waals surface area contributed by atoms with Gasteiger partial charge in [0.25, 0.3) is 0 Å². The van der Waals surface area contributed by atoms with Gasteiger partial charge in [0.1, 0.15) is 0 Å². The Hall–Kier alpha value is -1.16. The van der Waals surface area contributed by atoms with Crippen molar-refractivity contribution in [2.45, 2.75) is 30.4 Å². The smallest absolute Gasteiger partial charge is 0.457 e. The van der Waals surface area contributed by atoms with Gasteiger partial charge in [0, 0.05) is 0 Å². The molecule has 0 heterocycles. The van der Waals surface area contributed by atoms with Crippen molar-refractivity contribution in [2.75, 3.05) is 6.61 Å². The maximum absolute atomic E-state index is 12.6. The minimum atomic E-state index is -6.92. The first-order valence-corrected chi connectivity index (χ1v) is 4.00. The average Bonchev–Trinajstić information content (AvgIpc) is 2.15. The molecule has 0 rings (SSSR count). The van der Waals surface area contributed by atoms with E-state index in [1.54, 1.807) is 0 Å². The Labute approximate surface area is 93.7 Å². The molecule has 0 aliphatic rings. The minimum Gasteiger partial charge on any atom is -0.457 e. The van der Waals surface area contributed by atoms with Gasteiger partial charge in [0.2, 0.25) is 0 Å². The van der Waals surface area contributed by atoms with Crippen molar-refractivity contribution in [1.29, 1.82) is 0 Å². The highest BCUT2D eigenvalue weighted by Crippen LogP contribution is 2.53. The number of alkyl halides is 9. The second-order valence-electron chi connectivity index (χ2n) is 3.03. The third kappa shape index (κ3) is 2.80. The summed E-state index contributed by atoms with van der Waals surface area (Å²) in [6, 6.07) is 0. The fourth-order valence-electron chi connectivity index (χ4n) is 0.786. The van der Waals surface area contributed by atoms with Crippen LogP contribution in [0.3, 0.4) is 0 Å². The van der Waals surface area contributed by atoms with Crippen LogP contribution in [-0.2, 0) is 9.53 Å². The summed E-state index contributed by atoms with van der Waals surface area (Å²) in [4.78, 5) is 9.39. The van der Waals surface area contributed by atoms with Crippen LogP contribution in [0.5, 0.6) is 0 Å². The van der Waals surface area contributed by atoms with Crippen LogP contribution in [0.15, 0.2) is 0 Å². The Kier molecular flexibility index (Phi) is 4.53. The molecule has 2 nitrogen and oxygen atoms in total. The fourth-order valence-corrected chi connectivity index (χ4v) is 0.786. The van der Waals surface area contributed by atoms with E-state index < -0.39 is 37.0 Å². The van der Waals surface area contributed by atoms with E-state index in [-0.39, 0.29) is 0 Å². The molecule has 1 radical (unpaired) electrons. The summed E-state index contributed by atoms with van der Waals surface area (Å²) >= 11 is 0. The predicted octanol–water partition coefficient (Wildman–Crippen LogP) is 2.93. The van der Waals surface area contributed by atoms with Crippen molar-refractivity contribution in [1.82, 2.24) is 0 Å². The van der Waals surface area contributed by atoms with Gasteiger partial charge in [0.05, 0.1) is 13.0 Å². The van der Waals surface area contributed by atoms with Gasteiger partial charge in [-0.05, 0) is 0 Å². The summed E-state index contributed by atoms with van der Waals surface area (Å²) < 4.78 is 113. The van der Waals surface area contributed by atoms with E-state index in [2.05, 4.69) is 4.74 Å². The maximum atomic E-state index is 12.6. The van der Waals surface area contributed by atoms with Crippen LogP contribution in [0.4, 0.5) is 39.5 Å². The molecule has 0 spiro atoms. The van der Waals surface area contributed by atoms with E-state index in [1.165, 1.54) is 0 Å². The Morgan fingerprint density at radius 3 is 1.61 bits per heavy atom. The largest absolute Gasteiger partial charge is 0.460 e. The van der Waals surface area contributed by atoms with E-state index in [4.69, 9.17) is 0 Å². The first-order valence-electron chi connectivity index (χ1n) is 4.00. The van der Waals surface area contributed by atoms with Gasteiger partial charge in [-0.3, -0.25) is 0 Å². The number of rotatable bonds is 6. The van der Waals surface area contributed by atoms with Gasteiger partial charge in [-0.1, -0.05) is 0 Å². The molecule has 0 saturated heterocycles. The predicted molar refractivity (Wildman–Crippen MR) is 37.2 cm³/mol. The van der Waals surface area contributed by atoms with Crippen molar-refractivity contribution in [2.24, 2.45) is 0 Å². The Balaban J connectivity index is 5.16. The molecule has 18 heavy (non-hydrogen) atoms. The molecule has 0 bridgehead atoms. The van der Waals surface area contributed by atoms with E-state index in [0.29, 0.717) is 6.47 Å². The molecule has 0 aromatic carbocycles. The zero-order valence-electron chi connectivity index (χ0n) is 8.13. The van der Waals surface area contributed by atoms with Crippen LogP contribution < -0.4 is 0 Å². The molecule has 0 aliphatic carbocycles. The molecule has 11 heteroatoms. The van der Waals surface area contributed by atoms with Crippen LogP contribution in [0.2, 0.25) is 0 Å². The minimum absolute atomic E-state index is 0.523. The highest BCUT2D eigenvalue weighted by Gasteiger charge is 2.81. The Bertz CT molecular complexity index is 296. The molecule has 0 fully saturated rings. The van der Waals surface area contributed by atoms with Crippen molar-refractivity contribution < 1.29 is 49.0 Å². The third-order valence-corrected chi connectivity index (χ3v) is 1.79. The Morgan fingerprint density at radius 2 is 1.28 bits per heavy atom. The highest BCUT2D eigenvalue weighted by atomic mass is 19.4. The lowest BCUT2D eigenvalue weighted by Crippen LogP contribution is -2.61. The van der Waals surface area contributed by atoms with Crippen LogP contribution in [0.25, 0.3) is 0 Å². The molecular weight excluding hydrogens is 287 g/mol. The summed E-state index contributed by atoms with van der Waals surface area (Å²) in [7, 11) is 0. The molecule has 0 saturated carbocycles. The first-order chi connectivity index (χ1) is 7.81. The number of hydrogen-bond donors (Lipinski definition) is 0. The van der Waals surface area contributed by atoms with Crippen LogP contribution in [0, 0.1) is 0 Å². The van der Waals surface area contributed by atoms with E-state index in [1.807, 2.05) is 0 Å². The van der Waals surface area contributed by atoms with Gasteiger partial charge >= 0.3 is 30.4 Å². The number of carbonyl (C=O) groups excluding carboxylic acids is 1. The summed E-state index contributed by atoms with van der Waals surface area (Å²) in [6.45, 7) is -0.963. The molecule has 0 aliphatic heterocycles. The Morgan fingerprint density at radius 1 is 0.833 bits per heavy atom. The monoisotopic (exact) mass is 291 g/mol. The van der Waals surface area contributed by atoms with E-state index >= 15 is 0 Å². The lowest BCUT2D eigenvalue weighted by Gasteiger charge is -2.33. The first kappa shape index (κ1) is 16.8. The van der Waals surface area contributed by atoms with Gasteiger partial charge in [-0.15, -0.1) is 0 Å². The zero-order chi connectivity index (χ0) is 14.8. The number of ether oxygens (including phenoxy) is 1. The van der Waals surface area contributed by atoms with Gasteiger partial charge < -0.3 is 4.74 Å². The van der Waals surface area contributed by atoms with Gasteiger partial charge in [0.15, 0.2) is 0 Å². The molecule has 0 aromatic heterocycles. The second-order valence-corrected chi connectivity index (χ2v) is 3.03. The lowest BCUT2D eigenvalue weighted by molar-refractivity contribution is -0.397. The highest BCUT2D eigenvalue weighted by molar-refractivity contribution is 5.38. The number of halogens is 9. The van der Waals surface area contributed by atoms with Gasteiger partial charge in [-0.25, -0.2) is 4.79 Å². The van der Waals surface area contributed by atoms with E-state index in [9.17, 15) is 44.3 Å². The topological polar surface area (TPSA) is 26.3 Å². The van der Waals surface area contributed by atoms with Crippen molar-refractivity contribution in [3.8, 4) is 0 Å². The lowest BCUT2D eigenvalue weighted by atomic mass is 10.0. The van der Waals surface area contributed by atoms with Gasteiger partial charge in [-0.2, -0.15) is 39.5 Å². The third-order valence-electron chi connectivity index (χ3n) is 1.79.